The first-order valence-electron chi connectivity index (χ1n) is 11.6. The quantitative estimate of drug-likeness (QED) is 0.167. The van der Waals surface area contributed by atoms with Crippen LogP contribution in [0.1, 0.15) is 27.6 Å². The van der Waals surface area contributed by atoms with Crippen molar-refractivity contribution in [3.8, 4) is 39.5 Å². The van der Waals surface area contributed by atoms with Crippen LogP contribution < -0.4 is 9.47 Å². The van der Waals surface area contributed by atoms with E-state index in [2.05, 4.69) is 6.58 Å². The zero-order chi connectivity index (χ0) is 26.4. The maximum atomic E-state index is 12.6. The SMILES string of the molecule is C=CC(C)OC(=O)c1ccccc1-c1ccc(-c2ccc(OC(=O)c3ccc(O)c(OC)c3)cc2)cc1. The summed E-state index contributed by atoms with van der Waals surface area (Å²) in [7, 11) is 1.41. The van der Waals surface area contributed by atoms with E-state index >= 15 is 0 Å². The second-order valence-corrected chi connectivity index (χ2v) is 8.27. The van der Waals surface area contributed by atoms with E-state index in [1.165, 1.54) is 25.3 Å². The lowest BCUT2D eigenvalue weighted by Gasteiger charge is -2.13. The normalized spacial score (nSPS) is 11.3. The zero-order valence-corrected chi connectivity index (χ0v) is 20.5. The van der Waals surface area contributed by atoms with Gasteiger partial charge in [0.1, 0.15) is 11.9 Å². The van der Waals surface area contributed by atoms with Crippen LogP contribution >= 0.6 is 0 Å². The maximum Gasteiger partial charge on any atom is 0.343 e. The van der Waals surface area contributed by atoms with E-state index in [0.717, 1.165) is 22.3 Å². The third-order valence-corrected chi connectivity index (χ3v) is 5.78. The summed E-state index contributed by atoms with van der Waals surface area (Å²) in [6, 6.07) is 26.6. The lowest BCUT2D eigenvalue weighted by molar-refractivity contribution is 0.0425. The summed E-state index contributed by atoms with van der Waals surface area (Å²) in [5.74, 6) is -0.434. The molecule has 0 aromatic heterocycles. The van der Waals surface area contributed by atoms with Crippen LogP contribution in [0.2, 0.25) is 0 Å². The summed E-state index contributed by atoms with van der Waals surface area (Å²) in [5.41, 5.74) is 4.31. The van der Waals surface area contributed by atoms with Crippen molar-refractivity contribution in [3.63, 3.8) is 0 Å². The van der Waals surface area contributed by atoms with Gasteiger partial charge in [-0.3, -0.25) is 0 Å². The first-order chi connectivity index (χ1) is 17.9. The first-order valence-corrected chi connectivity index (χ1v) is 11.6. The average Bonchev–Trinajstić information content (AvgIpc) is 2.93. The van der Waals surface area contributed by atoms with Crippen molar-refractivity contribution in [2.75, 3.05) is 7.11 Å². The van der Waals surface area contributed by atoms with Gasteiger partial charge in [0.15, 0.2) is 11.5 Å². The molecule has 0 aliphatic heterocycles. The van der Waals surface area contributed by atoms with Gasteiger partial charge < -0.3 is 19.3 Å². The molecule has 37 heavy (non-hydrogen) atoms. The molecule has 186 valence electrons. The van der Waals surface area contributed by atoms with Crippen molar-refractivity contribution in [3.05, 3.63) is 115 Å². The second kappa shape index (κ2) is 11.3. The van der Waals surface area contributed by atoms with Crippen molar-refractivity contribution in [2.45, 2.75) is 13.0 Å². The molecule has 0 spiro atoms. The molecule has 0 fully saturated rings. The Bertz CT molecular complexity index is 1420. The molecule has 0 saturated heterocycles. The van der Waals surface area contributed by atoms with Crippen LogP contribution in [0.3, 0.4) is 0 Å². The third kappa shape index (κ3) is 5.87. The Morgan fingerprint density at radius 1 is 0.838 bits per heavy atom. The third-order valence-electron chi connectivity index (χ3n) is 5.78. The number of rotatable bonds is 8. The lowest BCUT2D eigenvalue weighted by atomic mass is 9.97. The van der Waals surface area contributed by atoms with E-state index in [-0.39, 0.29) is 23.2 Å². The van der Waals surface area contributed by atoms with E-state index in [9.17, 15) is 14.7 Å². The molecule has 1 unspecified atom stereocenters. The van der Waals surface area contributed by atoms with Crippen molar-refractivity contribution >= 4 is 11.9 Å². The highest BCUT2D eigenvalue weighted by atomic mass is 16.5. The fourth-order valence-electron chi connectivity index (χ4n) is 3.72. The molecule has 4 rings (SSSR count). The molecule has 1 N–H and O–H groups in total. The fourth-order valence-corrected chi connectivity index (χ4v) is 3.72. The van der Waals surface area contributed by atoms with Crippen molar-refractivity contribution < 1.29 is 28.9 Å². The highest BCUT2D eigenvalue weighted by Crippen LogP contribution is 2.30. The van der Waals surface area contributed by atoms with Gasteiger partial charge in [-0.25, -0.2) is 9.59 Å². The number of phenolic OH excluding ortho intramolecular Hbond substituents is 1. The Morgan fingerprint density at radius 3 is 2.11 bits per heavy atom. The Kier molecular flexibility index (Phi) is 7.69. The Labute approximate surface area is 215 Å². The molecule has 0 saturated carbocycles. The number of benzene rings is 4. The number of phenols is 1. The number of esters is 2. The molecule has 0 amide bonds. The molecule has 1 atom stereocenters. The topological polar surface area (TPSA) is 82.1 Å². The fraction of sp³-hybridized carbons (Fsp3) is 0.0968. The van der Waals surface area contributed by atoms with Crippen LogP contribution in [0.25, 0.3) is 22.3 Å². The molecule has 4 aromatic carbocycles. The van der Waals surface area contributed by atoms with Crippen molar-refractivity contribution in [2.24, 2.45) is 0 Å². The zero-order valence-electron chi connectivity index (χ0n) is 20.5. The molecule has 4 aromatic rings. The van der Waals surface area contributed by atoms with Gasteiger partial charge in [-0.1, -0.05) is 67.3 Å². The Morgan fingerprint density at radius 2 is 1.46 bits per heavy atom. The summed E-state index contributed by atoms with van der Waals surface area (Å²) >= 11 is 0. The molecule has 6 heteroatoms. The number of hydrogen-bond donors (Lipinski definition) is 1. The highest BCUT2D eigenvalue weighted by molar-refractivity contribution is 5.97. The summed E-state index contributed by atoms with van der Waals surface area (Å²) < 4.78 is 15.9. The molecule has 0 bridgehead atoms. The van der Waals surface area contributed by atoms with E-state index in [1.807, 2.05) is 48.5 Å². The highest BCUT2D eigenvalue weighted by Gasteiger charge is 2.16. The smallest absolute Gasteiger partial charge is 0.343 e. The van der Waals surface area contributed by atoms with Crippen molar-refractivity contribution in [1.82, 2.24) is 0 Å². The van der Waals surface area contributed by atoms with Gasteiger partial charge in [0.25, 0.3) is 0 Å². The van der Waals surface area contributed by atoms with Crippen LogP contribution in [0.15, 0.2) is 104 Å². The summed E-state index contributed by atoms with van der Waals surface area (Å²) in [5, 5.41) is 9.70. The number of ether oxygens (including phenoxy) is 3. The number of hydrogen-bond acceptors (Lipinski definition) is 6. The number of carbonyl (C=O) groups excluding carboxylic acids is 2. The van der Waals surface area contributed by atoms with Gasteiger partial charge in [-0.2, -0.15) is 0 Å². The van der Waals surface area contributed by atoms with E-state index in [1.54, 1.807) is 37.3 Å². The maximum absolute atomic E-state index is 12.6. The Balaban J connectivity index is 1.48. The summed E-state index contributed by atoms with van der Waals surface area (Å²) in [6.45, 7) is 5.42. The van der Waals surface area contributed by atoms with Gasteiger partial charge >= 0.3 is 11.9 Å². The standard InChI is InChI=1S/C31H26O6/c1-4-20(2)36-31(34)27-8-6-5-7-26(27)23-11-9-21(10-12-23)22-13-16-25(17-14-22)37-30(33)24-15-18-28(32)29(19-24)35-3/h4-20,32H,1H2,2-3H3. The van der Waals surface area contributed by atoms with E-state index in [4.69, 9.17) is 14.2 Å². The van der Waals surface area contributed by atoms with Crippen LogP contribution in [0, 0.1) is 0 Å². The minimum atomic E-state index is -0.560. The minimum Gasteiger partial charge on any atom is -0.504 e. The molecular weight excluding hydrogens is 468 g/mol. The van der Waals surface area contributed by atoms with E-state index < -0.39 is 11.9 Å². The van der Waals surface area contributed by atoms with Gasteiger partial charge in [-0.05, 0) is 65.6 Å². The molecule has 0 radical (unpaired) electrons. The largest absolute Gasteiger partial charge is 0.504 e. The van der Waals surface area contributed by atoms with Crippen LogP contribution in [-0.4, -0.2) is 30.3 Å². The molecule has 0 aliphatic carbocycles. The number of methoxy groups -OCH3 is 1. The molecule has 0 aliphatic rings. The second-order valence-electron chi connectivity index (χ2n) is 8.27. The van der Waals surface area contributed by atoms with Gasteiger partial charge in [0.2, 0.25) is 0 Å². The first kappa shape index (κ1) is 25.3. The predicted molar refractivity (Wildman–Crippen MR) is 142 cm³/mol. The Hall–Kier alpha value is -4.84. The average molecular weight is 495 g/mol. The summed E-state index contributed by atoms with van der Waals surface area (Å²) in [4.78, 5) is 25.1. The lowest BCUT2D eigenvalue weighted by Crippen LogP contribution is -2.13. The molecular formula is C31H26O6. The predicted octanol–water partition coefficient (Wildman–Crippen LogP) is 6.69. The van der Waals surface area contributed by atoms with Gasteiger partial charge in [0.05, 0.1) is 18.2 Å². The van der Waals surface area contributed by atoms with Gasteiger partial charge in [0, 0.05) is 0 Å². The monoisotopic (exact) mass is 494 g/mol. The summed E-state index contributed by atoms with van der Waals surface area (Å²) in [6.07, 6.45) is 1.19. The van der Waals surface area contributed by atoms with Crippen LogP contribution in [0.4, 0.5) is 0 Å². The minimum absolute atomic E-state index is 0.0554. The number of carbonyl (C=O) groups is 2. The van der Waals surface area contributed by atoms with Crippen LogP contribution in [0.5, 0.6) is 17.2 Å². The number of aromatic hydroxyl groups is 1. The van der Waals surface area contributed by atoms with E-state index in [0.29, 0.717) is 11.3 Å². The van der Waals surface area contributed by atoms with Crippen molar-refractivity contribution in [1.29, 1.82) is 0 Å². The molecule has 0 heterocycles. The van der Waals surface area contributed by atoms with Crippen LogP contribution in [-0.2, 0) is 4.74 Å². The molecule has 6 nitrogen and oxygen atoms in total. The van der Waals surface area contributed by atoms with Gasteiger partial charge in [-0.15, -0.1) is 0 Å².